The molecule has 2 aromatic rings. The zero-order valence-corrected chi connectivity index (χ0v) is 17.8. The number of likely N-dealkylation sites (tertiary alicyclic amines) is 1. The number of rotatable bonds is 2. The molecule has 31 heavy (non-hydrogen) atoms. The Bertz CT molecular complexity index is 901. The van der Waals surface area contributed by atoms with Crippen molar-refractivity contribution in [2.75, 3.05) is 19.6 Å². The third kappa shape index (κ3) is 5.08. The van der Waals surface area contributed by atoms with Crippen LogP contribution in [0.1, 0.15) is 71.9 Å². The zero-order chi connectivity index (χ0) is 22.6. The number of amides is 1. The van der Waals surface area contributed by atoms with Crippen LogP contribution >= 0.6 is 0 Å². The summed E-state index contributed by atoms with van der Waals surface area (Å²) in [7, 11) is 0. The molecule has 0 radical (unpaired) electrons. The average Bonchev–Trinajstić information content (AvgIpc) is 3.17. The van der Waals surface area contributed by atoms with Gasteiger partial charge in [0.2, 0.25) is 0 Å². The van der Waals surface area contributed by atoms with Crippen LogP contribution in [-0.2, 0) is 19.1 Å². The number of H-pyrrole nitrogens is 1. The van der Waals surface area contributed by atoms with Crippen molar-refractivity contribution < 1.29 is 22.4 Å². The Morgan fingerprint density at radius 1 is 1.23 bits per heavy atom. The van der Waals surface area contributed by atoms with Crippen molar-refractivity contribution in [1.29, 1.82) is 0 Å². The second-order valence-corrected chi connectivity index (χ2v) is 7.93. The quantitative estimate of drug-likeness (QED) is 0.669. The summed E-state index contributed by atoms with van der Waals surface area (Å²) < 4.78 is 53.7. The van der Waals surface area contributed by atoms with Gasteiger partial charge in [0.1, 0.15) is 5.82 Å². The van der Waals surface area contributed by atoms with Crippen molar-refractivity contribution in [2.45, 2.75) is 58.2 Å². The number of nitrogens with zero attached hydrogens (tertiary/aromatic N) is 2. The number of alkyl halides is 3. The van der Waals surface area contributed by atoms with Gasteiger partial charge in [-0.2, -0.15) is 18.3 Å². The number of fused-ring (bicyclic) bond motifs is 1. The van der Waals surface area contributed by atoms with Crippen molar-refractivity contribution in [3.05, 3.63) is 52.1 Å². The Hall–Kier alpha value is -2.42. The molecule has 4 rings (SSSR count). The van der Waals surface area contributed by atoms with E-state index in [1.54, 1.807) is 4.90 Å². The number of aromatic amines is 1. The highest BCUT2D eigenvalue weighted by Gasteiger charge is 2.39. The van der Waals surface area contributed by atoms with E-state index in [1.807, 2.05) is 0 Å². The van der Waals surface area contributed by atoms with E-state index in [-0.39, 0.29) is 11.5 Å². The first-order chi connectivity index (χ1) is 14.8. The maximum absolute atomic E-state index is 13.8. The fourth-order valence-electron chi connectivity index (χ4n) is 4.13. The largest absolute Gasteiger partial charge is 0.419 e. The molecule has 0 unspecified atom stereocenters. The highest BCUT2D eigenvalue weighted by Crippen LogP contribution is 2.40. The van der Waals surface area contributed by atoms with Crippen LogP contribution in [0.15, 0.2) is 18.2 Å². The van der Waals surface area contributed by atoms with E-state index < -0.39 is 23.5 Å². The molecule has 170 valence electrons. The summed E-state index contributed by atoms with van der Waals surface area (Å²) in [5.41, 5.74) is 0.977. The van der Waals surface area contributed by atoms with Gasteiger partial charge in [0.15, 0.2) is 5.69 Å². The van der Waals surface area contributed by atoms with E-state index in [1.165, 1.54) is 18.6 Å². The molecular weight excluding hydrogens is 412 g/mol. The summed E-state index contributed by atoms with van der Waals surface area (Å²) in [4.78, 5) is 14.5. The first-order valence-corrected chi connectivity index (χ1v) is 10.7. The zero-order valence-electron chi connectivity index (χ0n) is 17.8. The van der Waals surface area contributed by atoms with Crippen LogP contribution in [0.2, 0.25) is 0 Å². The summed E-state index contributed by atoms with van der Waals surface area (Å²) >= 11 is 0. The van der Waals surface area contributed by atoms with Gasteiger partial charge in [0.25, 0.3) is 5.91 Å². The van der Waals surface area contributed by atoms with Crippen LogP contribution in [-0.4, -0.2) is 40.6 Å². The van der Waals surface area contributed by atoms with E-state index in [2.05, 4.69) is 29.4 Å². The van der Waals surface area contributed by atoms with Gasteiger partial charge >= 0.3 is 6.18 Å². The number of carbonyl (C=O) groups is 1. The molecule has 0 aliphatic carbocycles. The number of nitrogens with one attached hydrogen (secondary N) is 2. The highest BCUT2D eigenvalue weighted by molar-refractivity contribution is 5.94. The van der Waals surface area contributed by atoms with E-state index in [0.29, 0.717) is 38.2 Å². The molecule has 9 heteroatoms. The van der Waals surface area contributed by atoms with Crippen LogP contribution < -0.4 is 5.32 Å². The summed E-state index contributed by atoms with van der Waals surface area (Å²) in [5, 5.41) is 10.3. The maximum atomic E-state index is 13.8. The molecule has 1 aromatic carbocycles. The Kier molecular flexibility index (Phi) is 7.35. The van der Waals surface area contributed by atoms with Crippen molar-refractivity contribution in [1.82, 2.24) is 20.4 Å². The molecule has 1 amide bonds. The van der Waals surface area contributed by atoms with Crippen molar-refractivity contribution in [3.63, 3.8) is 0 Å². The summed E-state index contributed by atoms with van der Waals surface area (Å²) in [6.07, 6.45) is -2.02. The van der Waals surface area contributed by atoms with E-state index in [9.17, 15) is 22.4 Å². The Balaban J connectivity index is 0.000000858. The lowest BCUT2D eigenvalue weighted by Crippen LogP contribution is -2.39. The minimum absolute atomic E-state index is 0.0269. The molecule has 0 bridgehead atoms. The first kappa shape index (κ1) is 23.2. The van der Waals surface area contributed by atoms with Crippen molar-refractivity contribution in [2.24, 2.45) is 0 Å². The molecule has 5 nitrogen and oxygen atoms in total. The van der Waals surface area contributed by atoms with Crippen molar-refractivity contribution in [3.8, 4) is 0 Å². The number of aromatic nitrogens is 2. The maximum Gasteiger partial charge on any atom is 0.419 e. The van der Waals surface area contributed by atoms with Crippen molar-refractivity contribution >= 4 is 5.91 Å². The second kappa shape index (κ2) is 9.80. The van der Waals surface area contributed by atoms with Crippen LogP contribution in [0.5, 0.6) is 0 Å². The molecule has 0 saturated carbocycles. The molecule has 2 N–H and O–H groups in total. The molecule has 2 aliphatic heterocycles. The molecular formula is C22H28F4N4O. The lowest BCUT2D eigenvalue weighted by molar-refractivity contribution is -0.140. The number of piperidine rings is 1. The van der Waals surface area contributed by atoms with Crippen LogP contribution in [0.3, 0.4) is 0 Å². The van der Waals surface area contributed by atoms with E-state index >= 15 is 0 Å². The van der Waals surface area contributed by atoms with Gasteiger partial charge in [0, 0.05) is 43.9 Å². The fourth-order valence-corrected chi connectivity index (χ4v) is 4.13. The van der Waals surface area contributed by atoms with Gasteiger partial charge in [0.05, 0.1) is 5.56 Å². The van der Waals surface area contributed by atoms with Gasteiger partial charge in [-0.05, 0) is 30.4 Å². The summed E-state index contributed by atoms with van der Waals surface area (Å²) in [5.74, 6) is -1.90. The van der Waals surface area contributed by atoms with Gasteiger partial charge in [-0.3, -0.25) is 9.89 Å². The average molecular weight is 440 g/mol. The van der Waals surface area contributed by atoms with Gasteiger partial charge < -0.3 is 10.2 Å². The monoisotopic (exact) mass is 440 g/mol. The first-order valence-electron chi connectivity index (χ1n) is 10.7. The second-order valence-electron chi connectivity index (χ2n) is 7.93. The minimum Gasteiger partial charge on any atom is -0.337 e. The molecule has 1 saturated heterocycles. The van der Waals surface area contributed by atoms with E-state index in [0.717, 1.165) is 30.3 Å². The van der Waals surface area contributed by atoms with Gasteiger partial charge in [-0.1, -0.05) is 32.4 Å². The third-order valence-electron chi connectivity index (χ3n) is 5.56. The molecule has 3 heterocycles. The van der Waals surface area contributed by atoms with Crippen LogP contribution in [0, 0.1) is 5.82 Å². The topological polar surface area (TPSA) is 61.0 Å². The SMILES string of the molecule is CCC.O=C(c1n[nH]c2c1CNCC2)N1CCC(c2cccc(F)c2C(F)(F)F)CC1. The number of hydrogen-bond acceptors (Lipinski definition) is 3. The number of halogens is 4. The minimum atomic E-state index is -4.74. The predicted octanol–water partition coefficient (Wildman–Crippen LogP) is 4.65. The molecule has 1 fully saturated rings. The number of hydrogen-bond donors (Lipinski definition) is 2. The lowest BCUT2D eigenvalue weighted by Gasteiger charge is -2.33. The lowest BCUT2D eigenvalue weighted by atomic mass is 9.86. The molecule has 2 aliphatic rings. The van der Waals surface area contributed by atoms with Gasteiger partial charge in [-0.25, -0.2) is 4.39 Å². The standard InChI is InChI=1S/C19H20F4N4O.C3H8/c20-14-3-1-2-12(16(14)19(21,22)23)11-5-8-27(9-6-11)18(28)17-13-10-24-7-4-15(13)25-26-17;1-3-2/h1-3,11,24H,4-10H2,(H,25,26);3H2,1-2H3. The predicted molar refractivity (Wildman–Crippen MR) is 109 cm³/mol. The fraction of sp³-hybridized carbons (Fsp3) is 0.545. The normalized spacial score (nSPS) is 17.0. The molecule has 0 atom stereocenters. The third-order valence-corrected chi connectivity index (χ3v) is 5.56. The van der Waals surface area contributed by atoms with Crippen LogP contribution in [0.4, 0.5) is 17.6 Å². The number of benzene rings is 1. The van der Waals surface area contributed by atoms with E-state index in [4.69, 9.17) is 0 Å². The van der Waals surface area contributed by atoms with Crippen LogP contribution in [0.25, 0.3) is 0 Å². The molecule has 0 spiro atoms. The Morgan fingerprint density at radius 3 is 2.55 bits per heavy atom. The van der Waals surface area contributed by atoms with Gasteiger partial charge in [-0.15, -0.1) is 0 Å². The summed E-state index contributed by atoms with van der Waals surface area (Å²) in [6.45, 7) is 6.27. The summed E-state index contributed by atoms with van der Waals surface area (Å²) in [6, 6.07) is 3.48. The smallest absolute Gasteiger partial charge is 0.337 e. The Labute approximate surface area is 179 Å². The highest BCUT2D eigenvalue weighted by atomic mass is 19.4. The Morgan fingerprint density at radius 2 is 1.90 bits per heavy atom. The number of carbonyl (C=O) groups excluding carboxylic acids is 1. The molecule has 1 aromatic heterocycles.